The summed E-state index contributed by atoms with van der Waals surface area (Å²) in [7, 11) is 0. The second-order valence-corrected chi connectivity index (χ2v) is 4.85. The van der Waals surface area contributed by atoms with Crippen molar-refractivity contribution in [1.82, 2.24) is 0 Å². The standard InChI is InChI=1S/C12H20N2S/c1-9-5-4-6-11(12(9)13)14-10(2)7-8-15-3/h4-6,10,14H,7-8,13H2,1-3H3. The number of aryl methyl sites for hydroxylation is 1. The Morgan fingerprint density at radius 2 is 2.20 bits per heavy atom. The Morgan fingerprint density at radius 1 is 1.47 bits per heavy atom. The van der Waals surface area contributed by atoms with Crippen molar-refractivity contribution in [3.05, 3.63) is 23.8 Å². The largest absolute Gasteiger partial charge is 0.397 e. The number of nitrogens with one attached hydrogen (secondary N) is 1. The Morgan fingerprint density at radius 3 is 2.87 bits per heavy atom. The van der Waals surface area contributed by atoms with Gasteiger partial charge in [0.05, 0.1) is 11.4 Å². The number of nitrogen functional groups attached to an aromatic ring is 1. The minimum Gasteiger partial charge on any atom is -0.397 e. The van der Waals surface area contributed by atoms with E-state index < -0.39 is 0 Å². The van der Waals surface area contributed by atoms with Gasteiger partial charge in [-0.15, -0.1) is 0 Å². The molecule has 2 nitrogen and oxygen atoms in total. The zero-order chi connectivity index (χ0) is 11.3. The third kappa shape index (κ3) is 3.67. The molecule has 0 bridgehead atoms. The normalized spacial score (nSPS) is 12.5. The van der Waals surface area contributed by atoms with Gasteiger partial charge in [0.2, 0.25) is 0 Å². The molecule has 0 saturated heterocycles. The molecule has 1 aromatic carbocycles. The Hall–Kier alpha value is -0.830. The summed E-state index contributed by atoms with van der Waals surface area (Å²) in [4.78, 5) is 0. The maximum atomic E-state index is 5.99. The number of para-hydroxylation sites is 1. The molecule has 0 heterocycles. The molecule has 0 fully saturated rings. The van der Waals surface area contributed by atoms with Gasteiger partial charge in [-0.25, -0.2) is 0 Å². The van der Waals surface area contributed by atoms with Crippen LogP contribution in [0.2, 0.25) is 0 Å². The van der Waals surface area contributed by atoms with Crippen LogP contribution in [0.1, 0.15) is 18.9 Å². The van der Waals surface area contributed by atoms with Crippen LogP contribution in [0.3, 0.4) is 0 Å². The summed E-state index contributed by atoms with van der Waals surface area (Å²) in [6.07, 6.45) is 3.29. The summed E-state index contributed by atoms with van der Waals surface area (Å²) in [6.45, 7) is 4.23. The van der Waals surface area contributed by atoms with Crippen LogP contribution in [0.25, 0.3) is 0 Å². The molecule has 0 amide bonds. The molecular weight excluding hydrogens is 204 g/mol. The van der Waals surface area contributed by atoms with E-state index in [1.54, 1.807) is 0 Å². The maximum absolute atomic E-state index is 5.99. The average Bonchev–Trinajstić information content (AvgIpc) is 2.22. The molecule has 1 aromatic rings. The van der Waals surface area contributed by atoms with Crippen molar-refractivity contribution in [3.8, 4) is 0 Å². The monoisotopic (exact) mass is 224 g/mol. The summed E-state index contributed by atoms with van der Waals surface area (Å²) < 4.78 is 0. The number of nitrogens with two attached hydrogens (primary N) is 1. The minimum absolute atomic E-state index is 0.474. The van der Waals surface area contributed by atoms with Crippen molar-refractivity contribution < 1.29 is 0 Å². The predicted molar refractivity (Wildman–Crippen MR) is 71.7 cm³/mol. The van der Waals surface area contributed by atoms with E-state index in [4.69, 9.17) is 5.73 Å². The second kappa shape index (κ2) is 5.91. The first-order valence-electron chi connectivity index (χ1n) is 5.25. The first kappa shape index (κ1) is 12.2. The van der Waals surface area contributed by atoms with E-state index in [0.717, 1.165) is 23.4 Å². The van der Waals surface area contributed by atoms with E-state index in [0.29, 0.717) is 6.04 Å². The van der Waals surface area contributed by atoms with Crippen LogP contribution in [0.5, 0.6) is 0 Å². The summed E-state index contributed by atoms with van der Waals surface area (Å²) >= 11 is 1.88. The zero-order valence-electron chi connectivity index (χ0n) is 9.71. The average molecular weight is 224 g/mol. The van der Waals surface area contributed by atoms with Crippen molar-refractivity contribution in [3.63, 3.8) is 0 Å². The molecule has 0 aliphatic heterocycles. The number of hydrogen-bond acceptors (Lipinski definition) is 3. The van der Waals surface area contributed by atoms with Gasteiger partial charge in [-0.1, -0.05) is 12.1 Å². The molecule has 15 heavy (non-hydrogen) atoms. The van der Waals surface area contributed by atoms with Crippen molar-refractivity contribution in [2.75, 3.05) is 23.1 Å². The molecule has 0 aliphatic rings. The van der Waals surface area contributed by atoms with Crippen LogP contribution >= 0.6 is 11.8 Å². The van der Waals surface area contributed by atoms with E-state index in [2.05, 4.69) is 18.5 Å². The SMILES string of the molecule is CSCCC(C)Nc1cccc(C)c1N. The fourth-order valence-corrected chi connectivity index (χ4v) is 2.03. The number of anilines is 2. The highest BCUT2D eigenvalue weighted by Crippen LogP contribution is 2.23. The minimum atomic E-state index is 0.474. The third-order valence-electron chi connectivity index (χ3n) is 2.48. The first-order chi connectivity index (χ1) is 7.15. The fraction of sp³-hybridized carbons (Fsp3) is 0.500. The highest BCUT2D eigenvalue weighted by molar-refractivity contribution is 7.98. The highest BCUT2D eigenvalue weighted by Gasteiger charge is 2.05. The fourth-order valence-electron chi connectivity index (χ4n) is 1.44. The van der Waals surface area contributed by atoms with Gasteiger partial charge in [-0.05, 0) is 43.9 Å². The Labute approximate surface area is 96.6 Å². The molecule has 84 valence electrons. The molecule has 3 N–H and O–H groups in total. The van der Waals surface area contributed by atoms with Crippen molar-refractivity contribution in [2.45, 2.75) is 26.3 Å². The van der Waals surface area contributed by atoms with E-state index in [9.17, 15) is 0 Å². The van der Waals surface area contributed by atoms with Gasteiger partial charge in [0.1, 0.15) is 0 Å². The summed E-state index contributed by atoms with van der Waals surface area (Å²) in [5.41, 5.74) is 9.06. The van der Waals surface area contributed by atoms with Crippen LogP contribution in [-0.2, 0) is 0 Å². The zero-order valence-corrected chi connectivity index (χ0v) is 10.5. The molecule has 0 aliphatic carbocycles. The number of benzene rings is 1. The topological polar surface area (TPSA) is 38.0 Å². The third-order valence-corrected chi connectivity index (χ3v) is 3.12. The van der Waals surface area contributed by atoms with Gasteiger partial charge >= 0.3 is 0 Å². The van der Waals surface area contributed by atoms with Crippen LogP contribution in [-0.4, -0.2) is 18.1 Å². The van der Waals surface area contributed by atoms with Gasteiger partial charge in [-0.2, -0.15) is 11.8 Å². The molecule has 0 saturated carbocycles. The van der Waals surface area contributed by atoms with E-state index >= 15 is 0 Å². The molecule has 1 unspecified atom stereocenters. The lowest BCUT2D eigenvalue weighted by molar-refractivity contribution is 0.772. The summed E-state index contributed by atoms with van der Waals surface area (Å²) in [5, 5.41) is 3.45. The Kier molecular flexibility index (Phi) is 4.82. The van der Waals surface area contributed by atoms with Crippen molar-refractivity contribution >= 4 is 23.1 Å². The molecule has 1 rings (SSSR count). The lowest BCUT2D eigenvalue weighted by Crippen LogP contribution is -2.17. The molecule has 3 heteroatoms. The van der Waals surface area contributed by atoms with E-state index in [1.807, 2.05) is 36.9 Å². The van der Waals surface area contributed by atoms with Gasteiger partial charge < -0.3 is 11.1 Å². The summed E-state index contributed by atoms with van der Waals surface area (Å²) in [5.74, 6) is 1.18. The number of rotatable bonds is 5. The van der Waals surface area contributed by atoms with Gasteiger partial charge in [-0.3, -0.25) is 0 Å². The Balaban J connectivity index is 2.60. The molecule has 1 atom stereocenters. The van der Waals surface area contributed by atoms with Crippen LogP contribution in [0.15, 0.2) is 18.2 Å². The van der Waals surface area contributed by atoms with E-state index in [-0.39, 0.29) is 0 Å². The maximum Gasteiger partial charge on any atom is 0.0579 e. The molecule has 0 aromatic heterocycles. The number of hydrogen-bond donors (Lipinski definition) is 2. The first-order valence-corrected chi connectivity index (χ1v) is 6.65. The quantitative estimate of drug-likeness (QED) is 0.755. The lowest BCUT2D eigenvalue weighted by atomic mass is 10.1. The van der Waals surface area contributed by atoms with Crippen LogP contribution in [0.4, 0.5) is 11.4 Å². The van der Waals surface area contributed by atoms with E-state index in [1.165, 1.54) is 5.75 Å². The Bertz CT molecular complexity index is 312. The molecular formula is C12H20N2S. The summed E-state index contributed by atoms with van der Waals surface area (Å²) in [6, 6.07) is 6.59. The van der Waals surface area contributed by atoms with Crippen LogP contribution in [0, 0.1) is 6.92 Å². The number of thioether (sulfide) groups is 1. The van der Waals surface area contributed by atoms with Crippen molar-refractivity contribution in [1.29, 1.82) is 0 Å². The molecule has 0 radical (unpaired) electrons. The smallest absolute Gasteiger partial charge is 0.0579 e. The van der Waals surface area contributed by atoms with Gasteiger partial charge in [0.25, 0.3) is 0 Å². The lowest BCUT2D eigenvalue weighted by Gasteiger charge is -2.17. The second-order valence-electron chi connectivity index (χ2n) is 3.86. The predicted octanol–water partition coefficient (Wildman–Crippen LogP) is 3.13. The van der Waals surface area contributed by atoms with Crippen LogP contribution < -0.4 is 11.1 Å². The molecule has 0 spiro atoms. The van der Waals surface area contributed by atoms with Gasteiger partial charge in [0, 0.05) is 6.04 Å². The van der Waals surface area contributed by atoms with Gasteiger partial charge in [0.15, 0.2) is 0 Å². The highest BCUT2D eigenvalue weighted by atomic mass is 32.2. The van der Waals surface area contributed by atoms with Crippen molar-refractivity contribution in [2.24, 2.45) is 0 Å².